The lowest BCUT2D eigenvalue weighted by molar-refractivity contribution is 0.0465. The van der Waals surface area contributed by atoms with Gasteiger partial charge in [0, 0.05) is 12.7 Å². The summed E-state index contributed by atoms with van der Waals surface area (Å²) in [7, 11) is 1.75. The Hall–Kier alpha value is -2.01. The molecule has 0 bridgehead atoms. The summed E-state index contributed by atoms with van der Waals surface area (Å²) in [5, 5.41) is 4.66. The van der Waals surface area contributed by atoms with E-state index in [2.05, 4.69) is 5.10 Å². The number of rotatable bonds is 3. The summed E-state index contributed by atoms with van der Waals surface area (Å²) < 4.78 is 6.80. The monoisotopic (exact) mass is 279 g/mol. The molecule has 5 nitrogen and oxygen atoms in total. The topological polar surface area (TPSA) is 70.1 Å². The van der Waals surface area contributed by atoms with Crippen molar-refractivity contribution in [1.82, 2.24) is 9.78 Å². The average Bonchev–Trinajstić information content (AvgIpc) is 2.61. The van der Waals surface area contributed by atoms with Crippen LogP contribution in [0.1, 0.15) is 21.7 Å². The van der Waals surface area contributed by atoms with Gasteiger partial charge in [-0.25, -0.2) is 4.79 Å². The molecule has 0 amide bonds. The van der Waals surface area contributed by atoms with Gasteiger partial charge >= 0.3 is 5.97 Å². The molecule has 2 rings (SSSR count). The van der Waals surface area contributed by atoms with Crippen molar-refractivity contribution in [3.8, 4) is 0 Å². The third-order valence-electron chi connectivity index (χ3n) is 2.78. The Morgan fingerprint density at radius 1 is 1.47 bits per heavy atom. The largest absolute Gasteiger partial charge is 0.455 e. The number of anilines is 1. The molecular weight excluding hydrogens is 266 g/mol. The summed E-state index contributed by atoms with van der Waals surface area (Å²) in [5.41, 5.74) is 7.80. The lowest BCUT2D eigenvalue weighted by Crippen LogP contribution is -2.10. The molecule has 0 saturated heterocycles. The highest BCUT2D eigenvalue weighted by atomic mass is 35.5. The van der Waals surface area contributed by atoms with Crippen LogP contribution < -0.4 is 5.73 Å². The van der Waals surface area contributed by atoms with Crippen molar-refractivity contribution in [3.05, 3.63) is 46.2 Å². The fraction of sp³-hybridized carbons (Fsp3) is 0.231. The van der Waals surface area contributed by atoms with Crippen LogP contribution in [0.4, 0.5) is 5.69 Å². The standard InChI is InChI=1S/C13H14ClN3O2/c1-8-12(14)11(17(2)16-8)7-19-13(18)9-5-3-4-6-10(9)15/h3-6H,7,15H2,1-2H3. The van der Waals surface area contributed by atoms with Gasteiger partial charge in [0.2, 0.25) is 0 Å². The number of esters is 1. The molecule has 0 fully saturated rings. The molecule has 0 aliphatic rings. The van der Waals surface area contributed by atoms with Crippen LogP contribution in [-0.4, -0.2) is 15.7 Å². The Bertz CT molecular complexity index is 622. The van der Waals surface area contributed by atoms with Gasteiger partial charge in [-0.15, -0.1) is 0 Å². The molecule has 6 heteroatoms. The fourth-order valence-corrected chi connectivity index (χ4v) is 1.95. The van der Waals surface area contributed by atoms with E-state index in [1.807, 2.05) is 0 Å². The number of nitrogens with zero attached hydrogens (tertiary/aromatic N) is 2. The summed E-state index contributed by atoms with van der Waals surface area (Å²) in [4.78, 5) is 11.9. The van der Waals surface area contributed by atoms with E-state index >= 15 is 0 Å². The second-order valence-electron chi connectivity index (χ2n) is 4.13. The van der Waals surface area contributed by atoms with Crippen LogP contribution in [0.2, 0.25) is 5.02 Å². The van der Waals surface area contributed by atoms with Gasteiger partial charge in [0.05, 0.1) is 22.0 Å². The molecule has 1 aromatic heterocycles. The van der Waals surface area contributed by atoms with Crippen LogP contribution in [0.15, 0.2) is 24.3 Å². The Morgan fingerprint density at radius 3 is 2.74 bits per heavy atom. The highest BCUT2D eigenvalue weighted by Gasteiger charge is 2.15. The minimum absolute atomic E-state index is 0.0589. The number of aryl methyl sites for hydroxylation is 2. The maximum atomic E-state index is 11.9. The first kappa shape index (κ1) is 13.4. The summed E-state index contributed by atoms with van der Waals surface area (Å²) in [6, 6.07) is 6.76. The molecule has 2 aromatic rings. The van der Waals surface area contributed by atoms with E-state index in [1.165, 1.54) is 0 Å². The first-order chi connectivity index (χ1) is 9.00. The van der Waals surface area contributed by atoms with E-state index in [9.17, 15) is 4.79 Å². The van der Waals surface area contributed by atoms with Crippen molar-refractivity contribution in [3.63, 3.8) is 0 Å². The van der Waals surface area contributed by atoms with Gasteiger partial charge in [0.25, 0.3) is 0 Å². The number of ether oxygens (including phenoxy) is 1. The molecule has 0 radical (unpaired) electrons. The van der Waals surface area contributed by atoms with Crippen molar-refractivity contribution in [2.45, 2.75) is 13.5 Å². The van der Waals surface area contributed by atoms with Crippen molar-refractivity contribution < 1.29 is 9.53 Å². The molecule has 0 aliphatic carbocycles. The smallest absolute Gasteiger partial charge is 0.340 e. The predicted molar refractivity (Wildman–Crippen MR) is 72.9 cm³/mol. The molecular formula is C13H14ClN3O2. The highest BCUT2D eigenvalue weighted by molar-refractivity contribution is 6.31. The maximum Gasteiger partial charge on any atom is 0.340 e. The number of para-hydroxylation sites is 1. The second kappa shape index (κ2) is 5.32. The van der Waals surface area contributed by atoms with Gasteiger partial charge in [-0.2, -0.15) is 5.10 Å². The minimum Gasteiger partial charge on any atom is -0.455 e. The van der Waals surface area contributed by atoms with Crippen molar-refractivity contribution >= 4 is 23.3 Å². The number of nitrogens with two attached hydrogens (primary N) is 1. The zero-order valence-electron chi connectivity index (χ0n) is 10.7. The van der Waals surface area contributed by atoms with Crippen LogP contribution in [-0.2, 0) is 18.4 Å². The first-order valence-electron chi connectivity index (χ1n) is 5.70. The van der Waals surface area contributed by atoms with Crippen molar-refractivity contribution in [2.75, 3.05) is 5.73 Å². The third-order valence-corrected chi connectivity index (χ3v) is 3.27. The third kappa shape index (κ3) is 2.71. The number of benzene rings is 1. The number of halogens is 1. The second-order valence-corrected chi connectivity index (χ2v) is 4.51. The summed E-state index contributed by atoms with van der Waals surface area (Å²) >= 11 is 6.08. The van der Waals surface area contributed by atoms with Gasteiger partial charge in [-0.3, -0.25) is 4.68 Å². The molecule has 0 spiro atoms. The number of aromatic nitrogens is 2. The molecule has 1 heterocycles. The van der Waals surface area contributed by atoms with Crippen LogP contribution in [0.25, 0.3) is 0 Å². The Kier molecular flexibility index (Phi) is 3.76. The number of hydrogen-bond acceptors (Lipinski definition) is 4. The molecule has 0 unspecified atom stereocenters. The lowest BCUT2D eigenvalue weighted by atomic mass is 10.2. The van der Waals surface area contributed by atoms with E-state index in [1.54, 1.807) is 42.9 Å². The SMILES string of the molecule is Cc1nn(C)c(COC(=O)c2ccccc2N)c1Cl. The Labute approximate surface area is 115 Å². The molecule has 0 atom stereocenters. The van der Waals surface area contributed by atoms with Crippen molar-refractivity contribution in [2.24, 2.45) is 7.05 Å². The zero-order valence-corrected chi connectivity index (χ0v) is 11.4. The van der Waals surface area contributed by atoms with Gasteiger partial charge in [-0.1, -0.05) is 23.7 Å². The molecule has 0 aliphatic heterocycles. The van der Waals surface area contributed by atoms with Crippen LogP contribution in [0.5, 0.6) is 0 Å². The van der Waals surface area contributed by atoms with Gasteiger partial charge in [-0.05, 0) is 19.1 Å². The minimum atomic E-state index is -0.479. The number of carbonyl (C=O) groups is 1. The van der Waals surface area contributed by atoms with Gasteiger partial charge in [0.15, 0.2) is 0 Å². The van der Waals surface area contributed by atoms with Crippen LogP contribution in [0, 0.1) is 6.92 Å². The lowest BCUT2D eigenvalue weighted by Gasteiger charge is -2.07. The zero-order chi connectivity index (χ0) is 14.0. The van der Waals surface area contributed by atoms with Crippen LogP contribution >= 0.6 is 11.6 Å². The van der Waals surface area contributed by atoms with E-state index < -0.39 is 5.97 Å². The number of nitrogen functional groups attached to an aromatic ring is 1. The molecule has 1 aromatic carbocycles. The van der Waals surface area contributed by atoms with E-state index in [0.717, 1.165) is 0 Å². The summed E-state index contributed by atoms with van der Waals surface area (Å²) in [6.45, 7) is 1.85. The molecule has 2 N–H and O–H groups in total. The first-order valence-corrected chi connectivity index (χ1v) is 6.08. The molecule has 19 heavy (non-hydrogen) atoms. The Morgan fingerprint density at radius 2 is 2.16 bits per heavy atom. The number of carbonyl (C=O) groups excluding carboxylic acids is 1. The average molecular weight is 280 g/mol. The van der Waals surface area contributed by atoms with Crippen LogP contribution in [0.3, 0.4) is 0 Å². The summed E-state index contributed by atoms with van der Waals surface area (Å²) in [6.07, 6.45) is 0. The quantitative estimate of drug-likeness (QED) is 0.691. The molecule has 100 valence electrons. The van der Waals surface area contributed by atoms with E-state index in [4.69, 9.17) is 22.1 Å². The van der Waals surface area contributed by atoms with Crippen molar-refractivity contribution in [1.29, 1.82) is 0 Å². The van der Waals surface area contributed by atoms with Gasteiger partial charge in [0.1, 0.15) is 6.61 Å². The van der Waals surface area contributed by atoms with E-state index in [0.29, 0.717) is 27.7 Å². The van der Waals surface area contributed by atoms with Gasteiger partial charge < -0.3 is 10.5 Å². The Balaban J connectivity index is 2.11. The van der Waals surface area contributed by atoms with E-state index in [-0.39, 0.29) is 6.61 Å². The molecule has 0 saturated carbocycles. The number of hydrogen-bond donors (Lipinski definition) is 1. The summed E-state index contributed by atoms with van der Waals surface area (Å²) in [5.74, 6) is -0.479. The normalized spacial score (nSPS) is 10.5. The predicted octanol–water partition coefficient (Wildman–Crippen LogP) is 2.32. The highest BCUT2D eigenvalue weighted by Crippen LogP contribution is 2.21. The maximum absolute atomic E-state index is 11.9. The fourth-order valence-electron chi connectivity index (χ4n) is 1.73.